The molecule has 1 aliphatic heterocycles. The summed E-state index contributed by atoms with van der Waals surface area (Å²) in [6.45, 7) is 21.0. The van der Waals surface area contributed by atoms with Crippen LogP contribution in [-0.4, -0.2) is 142 Å². The van der Waals surface area contributed by atoms with Crippen LogP contribution < -0.4 is 34.1 Å². The molecule has 0 radical (unpaired) electrons. The number of aromatic nitrogens is 19. The van der Waals surface area contributed by atoms with Gasteiger partial charge >= 0.3 is 34.1 Å². The third-order valence-electron chi connectivity index (χ3n) is 18.1. The van der Waals surface area contributed by atoms with Crippen molar-refractivity contribution < 1.29 is 14.6 Å². The Morgan fingerprint density at radius 2 is 1.03 bits per heavy atom. The second kappa shape index (κ2) is 36.0. The minimum absolute atomic E-state index is 0.0126. The SMILES string of the molecule is CC(n1c(=O)[nH]c2ncc(Cl)cc21)C(C)(C)C.CCC(CC)n1c(=O)[nH]c2ncc(Cl)c(C(C)=O)c21.CCC(CC)n1c(=O)[nH]c2ncc(Cl)c(CO)c21.CN(C)CCCn1c(=O)[nH]c2ncc(Cl)cc21.O=c1[nH]c2ncc(Cl)cc2n1C1CCOC1.O=c1[nH]c2ncc(Cl)cc2n1CCc1cccnc1. The molecule has 0 bridgehead atoms. The van der Waals surface area contributed by atoms with E-state index in [1.807, 2.05) is 60.8 Å². The van der Waals surface area contributed by atoms with Crippen LogP contribution in [0.3, 0.4) is 0 Å². The molecule has 106 heavy (non-hydrogen) atoms. The van der Waals surface area contributed by atoms with Gasteiger partial charge in [0.2, 0.25) is 0 Å². The molecule has 13 aromatic rings. The molecule has 35 heteroatoms. The third kappa shape index (κ3) is 18.8. The summed E-state index contributed by atoms with van der Waals surface area (Å²) in [5, 5.41) is 12.2. The highest BCUT2D eigenvalue weighted by Gasteiger charge is 2.27. The number of nitrogens with one attached hydrogen (secondary N) is 6. The number of aliphatic hydroxyl groups excluding tert-OH is 1. The molecule has 0 spiro atoms. The van der Waals surface area contributed by atoms with Gasteiger partial charge in [-0.2, -0.15) is 0 Å². The summed E-state index contributed by atoms with van der Waals surface area (Å²) < 4.78 is 15.3. The van der Waals surface area contributed by atoms with Crippen molar-refractivity contribution in [2.75, 3.05) is 33.9 Å². The molecule has 14 rings (SSSR count). The van der Waals surface area contributed by atoms with E-state index in [0.29, 0.717) is 107 Å². The molecule has 14 heterocycles. The lowest BCUT2D eigenvalue weighted by Gasteiger charge is -2.28. The average Bonchev–Trinajstić information content (AvgIpc) is 1.61. The van der Waals surface area contributed by atoms with Crippen LogP contribution in [0.4, 0.5) is 0 Å². The molecule has 7 N–H and O–H groups in total. The Morgan fingerprint density at radius 1 is 0.585 bits per heavy atom. The van der Waals surface area contributed by atoms with Gasteiger partial charge in [0.05, 0.1) is 82.5 Å². The van der Waals surface area contributed by atoms with Gasteiger partial charge in [0, 0.05) is 93.0 Å². The number of carbonyl (C=O) groups is 1. The molecule has 0 saturated carbocycles. The van der Waals surface area contributed by atoms with Crippen LogP contribution in [0.5, 0.6) is 0 Å². The number of hydrogen-bond donors (Lipinski definition) is 7. The van der Waals surface area contributed by atoms with Crippen molar-refractivity contribution >= 4 is 142 Å². The highest BCUT2D eigenvalue weighted by molar-refractivity contribution is 6.35. The lowest BCUT2D eigenvalue weighted by atomic mass is 9.88. The highest BCUT2D eigenvalue weighted by Crippen LogP contribution is 2.33. The maximum Gasteiger partial charge on any atom is 0.328 e. The molecule has 13 aromatic heterocycles. The Labute approximate surface area is 636 Å². The first-order chi connectivity index (χ1) is 50.5. The van der Waals surface area contributed by atoms with Crippen LogP contribution in [-0.2, 0) is 30.9 Å². The standard InChI is InChI=1S/C13H11ClN4O.C13H16ClN3O2.C12H16ClN3O2.C12H16ClN3O.C11H15ClN4O.C10H10ClN3O2/c14-10-6-11-12(16-8-10)17-13(19)18(11)5-3-9-2-1-4-15-7-9;1-4-8(5-2)17-11-10(7(3)18)9(14)6-15-12(11)16-13(17)19;1-3-7(4-2)16-10-8(6-17)9(13)5-14-11(10)15-12(16)18;1-7(12(2,3)4)16-9-5-8(13)6-14-10(9)15-11(16)17;1-15(2)4-3-5-16-9-6-8(12)7-13-10(9)14-11(16)17;11-6-3-8-9(12-4-6)13-10(15)14(8)7-1-2-16-5-7/h1-2,4,6-8H,3,5H2,(H,16,17,19);6,8H,4-5H2,1-3H3,(H,15,16,19);5,7,17H,3-4,6H2,1-2H3,(H,14,15,18);5-7H,1-4H3,(H,14,15,17);6-7H,3-5H2,1-2H3,(H,13,14,17);3-4,7H,1-2,5H2,(H,12,13,15). The smallest absolute Gasteiger partial charge is 0.328 e. The predicted octanol–water partition coefficient (Wildman–Crippen LogP) is 12.8. The number of aromatic amines is 6. The fourth-order valence-corrected chi connectivity index (χ4v) is 13.4. The Bertz CT molecular complexity index is 5590. The van der Waals surface area contributed by atoms with Gasteiger partial charge < -0.3 is 14.7 Å². The maximum atomic E-state index is 12.1. The molecule has 2 atom stereocenters. The maximum absolute atomic E-state index is 12.1. The summed E-state index contributed by atoms with van der Waals surface area (Å²) in [4.78, 5) is 130. The number of H-pyrrole nitrogens is 6. The summed E-state index contributed by atoms with van der Waals surface area (Å²) in [6, 6.07) is 11.1. The largest absolute Gasteiger partial charge is 0.392 e. The zero-order valence-electron chi connectivity index (χ0n) is 60.3. The van der Waals surface area contributed by atoms with E-state index in [1.165, 1.54) is 44.1 Å². The van der Waals surface area contributed by atoms with Crippen LogP contribution in [0.2, 0.25) is 30.1 Å². The normalized spacial score (nSPS) is 13.2. The van der Waals surface area contributed by atoms with Crippen molar-refractivity contribution in [1.29, 1.82) is 0 Å². The topological polar surface area (TPSA) is 367 Å². The number of aryl methyl sites for hydroxylation is 3. The summed E-state index contributed by atoms with van der Waals surface area (Å²) in [7, 11) is 4.02. The van der Waals surface area contributed by atoms with Gasteiger partial charge in [0.15, 0.2) is 39.7 Å². The minimum atomic E-state index is -0.249. The first-order valence-electron chi connectivity index (χ1n) is 34.3. The van der Waals surface area contributed by atoms with E-state index in [9.17, 15) is 38.7 Å². The Kier molecular flexibility index (Phi) is 27.6. The number of hydrogen-bond acceptors (Lipinski definition) is 17. The average molecular weight is 1570 g/mol. The van der Waals surface area contributed by atoms with Crippen LogP contribution in [0, 0.1) is 5.41 Å². The second-order valence-corrected chi connectivity index (χ2v) is 29.0. The third-order valence-corrected chi connectivity index (χ3v) is 19.6. The Morgan fingerprint density at radius 3 is 1.51 bits per heavy atom. The number of halogens is 6. The molecule has 0 aromatic carbocycles. The van der Waals surface area contributed by atoms with E-state index in [2.05, 4.69) is 90.5 Å². The number of carbonyl (C=O) groups excluding carboxylic acids is 1. The first kappa shape index (κ1) is 81.0. The van der Waals surface area contributed by atoms with E-state index in [0.717, 1.165) is 79.1 Å². The molecule has 1 aliphatic rings. The number of rotatable bonds is 17. The van der Waals surface area contributed by atoms with Crippen LogP contribution in [0.1, 0.15) is 146 Å². The zero-order chi connectivity index (χ0) is 77.0. The molecule has 564 valence electrons. The van der Waals surface area contributed by atoms with E-state index >= 15 is 0 Å². The zero-order valence-corrected chi connectivity index (χ0v) is 64.9. The number of ketones is 1. The summed E-state index contributed by atoms with van der Waals surface area (Å²) >= 11 is 35.7. The predicted molar refractivity (Wildman–Crippen MR) is 417 cm³/mol. The van der Waals surface area contributed by atoms with E-state index in [4.69, 9.17) is 74.3 Å². The Balaban J connectivity index is 0.000000147. The van der Waals surface area contributed by atoms with E-state index in [-0.39, 0.29) is 81.1 Å². The van der Waals surface area contributed by atoms with Gasteiger partial charge in [-0.1, -0.05) is 124 Å². The molecule has 29 nitrogen and oxygen atoms in total. The lowest BCUT2D eigenvalue weighted by Crippen LogP contribution is -2.29. The number of pyridine rings is 7. The molecular formula is C71H84Cl6N20O9. The van der Waals surface area contributed by atoms with Crippen molar-refractivity contribution in [1.82, 2.24) is 97.1 Å². The van der Waals surface area contributed by atoms with E-state index in [1.54, 1.807) is 64.1 Å². The monoisotopic (exact) mass is 1570 g/mol. The molecule has 2 unspecified atom stereocenters. The molecular weight excluding hydrogens is 1490 g/mol. The number of fused-ring (bicyclic) bond motifs is 6. The molecule has 0 aliphatic carbocycles. The van der Waals surface area contributed by atoms with Crippen LogP contribution >= 0.6 is 69.6 Å². The summed E-state index contributed by atoms with van der Waals surface area (Å²) in [5.74, 6) is -0.170. The fourth-order valence-electron chi connectivity index (χ4n) is 12.3. The molecule has 1 fully saturated rings. The van der Waals surface area contributed by atoms with Gasteiger partial charge in [0.25, 0.3) is 0 Å². The van der Waals surface area contributed by atoms with Gasteiger partial charge in [-0.3, -0.25) is 67.1 Å². The summed E-state index contributed by atoms with van der Waals surface area (Å²) in [6.07, 6.45) is 18.2. The van der Waals surface area contributed by atoms with Crippen molar-refractivity contribution in [2.45, 2.75) is 151 Å². The Hall–Kier alpha value is -9.04. The highest BCUT2D eigenvalue weighted by atomic mass is 35.5. The molecule has 1 saturated heterocycles. The van der Waals surface area contributed by atoms with Crippen LogP contribution in [0.15, 0.2) is 115 Å². The first-order valence-corrected chi connectivity index (χ1v) is 36.6. The quantitative estimate of drug-likeness (QED) is 0.0416. The second-order valence-electron chi connectivity index (χ2n) is 26.4. The minimum Gasteiger partial charge on any atom is -0.392 e. The molecule has 0 amide bonds. The summed E-state index contributed by atoms with van der Waals surface area (Å²) in [5.41, 5.74) is 8.21. The fraction of sp³-hybridized carbons (Fsp3) is 0.408. The van der Waals surface area contributed by atoms with Crippen molar-refractivity contribution in [2.24, 2.45) is 5.41 Å². The van der Waals surface area contributed by atoms with E-state index < -0.39 is 0 Å². The van der Waals surface area contributed by atoms with Gasteiger partial charge in [-0.05, 0) is 121 Å². The van der Waals surface area contributed by atoms with Gasteiger partial charge in [-0.15, -0.1) is 0 Å². The number of imidazole rings is 6. The van der Waals surface area contributed by atoms with Crippen molar-refractivity contribution in [3.05, 3.63) is 196 Å². The van der Waals surface area contributed by atoms with Gasteiger partial charge in [-0.25, -0.2) is 58.7 Å². The van der Waals surface area contributed by atoms with Gasteiger partial charge in [0.1, 0.15) is 5.52 Å². The number of aliphatic hydroxyl groups is 1. The van der Waals surface area contributed by atoms with Crippen LogP contribution in [0.25, 0.3) is 67.0 Å². The number of ether oxygens (including phenoxy) is 1. The van der Waals surface area contributed by atoms with Crippen molar-refractivity contribution in [3.8, 4) is 0 Å². The lowest BCUT2D eigenvalue weighted by molar-refractivity contribution is 0.101. The van der Waals surface area contributed by atoms with Crippen molar-refractivity contribution in [3.63, 3.8) is 0 Å². The number of nitrogens with zero attached hydrogens (tertiary/aromatic N) is 14. The number of Topliss-reactive ketones (excluding diaryl/α,β-unsaturated/α-hetero) is 1.